The number of rotatable bonds is 8. The molecule has 0 aromatic heterocycles. The summed E-state index contributed by atoms with van der Waals surface area (Å²) < 4.78 is 5.55. The molecule has 0 spiro atoms. The first-order chi connectivity index (χ1) is 11.8. The van der Waals surface area contributed by atoms with Gasteiger partial charge in [0.1, 0.15) is 5.75 Å². The fourth-order valence-corrected chi connectivity index (χ4v) is 2.34. The normalized spacial score (nSPS) is 13.9. The van der Waals surface area contributed by atoms with Crippen LogP contribution >= 0.6 is 0 Å². The Morgan fingerprint density at radius 3 is 2.48 bits per heavy atom. The molecule has 0 aliphatic rings. The number of hydrogen-bond acceptors (Lipinski definition) is 3. The summed E-state index contributed by atoms with van der Waals surface area (Å²) in [6, 6.07) is 7.88. The van der Waals surface area contributed by atoms with E-state index in [9.17, 15) is 4.79 Å². The summed E-state index contributed by atoms with van der Waals surface area (Å²) >= 11 is 0. The van der Waals surface area contributed by atoms with Gasteiger partial charge < -0.3 is 14.5 Å². The van der Waals surface area contributed by atoms with Crippen LogP contribution in [0.1, 0.15) is 31.9 Å². The Balaban J connectivity index is 2.78. The van der Waals surface area contributed by atoms with Crippen LogP contribution in [0.5, 0.6) is 5.75 Å². The van der Waals surface area contributed by atoms with Crippen molar-refractivity contribution in [1.82, 2.24) is 9.80 Å². The monoisotopic (exact) mass is 342 g/mol. The molecule has 0 radical (unpaired) electrons. The first-order valence-electron chi connectivity index (χ1n) is 8.45. The molecule has 1 aromatic rings. The van der Waals surface area contributed by atoms with Gasteiger partial charge >= 0.3 is 6.09 Å². The average molecular weight is 342 g/mol. The molecular weight excluding hydrogens is 312 g/mol. The molecule has 0 bridgehead atoms. The number of hydrogen-bond donors (Lipinski definition) is 0. The summed E-state index contributed by atoms with van der Waals surface area (Å²) in [7, 11) is 5.79. The van der Waals surface area contributed by atoms with Gasteiger partial charge in [-0.15, -0.1) is 0 Å². The summed E-state index contributed by atoms with van der Waals surface area (Å²) in [6.45, 7) is 11.6. The summed E-state index contributed by atoms with van der Waals surface area (Å²) in [5, 5.41) is 0. The molecule has 0 aliphatic carbocycles. The second kappa shape index (κ2) is 9.84. The highest BCUT2D eigenvalue weighted by atomic mass is 16.6. The molecule has 0 saturated heterocycles. The minimum atomic E-state index is -0.371. The molecule has 0 fully saturated rings. The van der Waals surface area contributed by atoms with Gasteiger partial charge in [0.05, 0.1) is 0 Å². The fraction of sp³-hybridized carbons (Fsp3) is 0.381. The molecule has 1 amide bonds. The zero-order chi connectivity index (χ0) is 19.0. The lowest BCUT2D eigenvalue weighted by molar-refractivity contribution is 0.148. The molecule has 0 heterocycles. The molecule has 25 heavy (non-hydrogen) atoms. The van der Waals surface area contributed by atoms with Gasteiger partial charge in [0.2, 0.25) is 0 Å². The lowest BCUT2D eigenvalue weighted by Crippen LogP contribution is -2.37. The Morgan fingerprint density at radius 2 is 1.92 bits per heavy atom. The van der Waals surface area contributed by atoms with Gasteiger partial charge in [0.15, 0.2) is 0 Å². The quantitative estimate of drug-likeness (QED) is 0.635. The van der Waals surface area contributed by atoms with E-state index in [0.717, 1.165) is 11.1 Å². The first-order valence-corrected chi connectivity index (χ1v) is 8.45. The lowest BCUT2D eigenvalue weighted by Gasteiger charge is -2.25. The Hall–Kier alpha value is -2.33. The molecule has 2 atom stereocenters. The third-order valence-electron chi connectivity index (χ3n) is 4.39. The summed E-state index contributed by atoms with van der Waals surface area (Å²) in [5.74, 6) is 0.556. The van der Waals surface area contributed by atoms with Crippen LogP contribution in [0.4, 0.5) is 4.79 Å². The predicted octanol–water partition coefficient (Wildman–Crippen LogP) is 4.82. The van der Waals surface area contributed by atoms with E-state index in [1.54, 1.807) is 30.2 Å². The van der Waals surface area contributed by atoms with E-state index in [0.29, 0.717) is 12.2 Å². The molecule has 4 nitrogen and oxygen atoms in total. The molecule has 0 aliphatic heterocycles. The van der Waals surface area contributed by atoms with Crippen LogP contribution in [-0.2, 0) is 0 Å². The maximum Gasteiger partial charge on any atom is 0.415 e. The second-order valence-electron chi connectivity index (χ2n) is 6.43. The number of ether oxygens (including phenoxy) is 1. The predicted molar refractivity (Wildman–Crippen MR) is 105 cm³/mol. The van der Waals surface area contributed by atoms with Crippen LogP contribution < -0.4 is 4.74 Å². The van der Waals surface area contributed by atoms with Gasteiger partial charge in [-0.25, -0.2) is 4.79 Å². The van der Waals surface area contributed by atoms with Crippen LogP contribution in [0.25, 0.3) is 0 Å². The average Bonchev–Trinajstić information content (AvgIpc) is 2.59. The largest absolute Gasteiger partial charge is 0.415 e. The highest BCUT2D eigenvalue weighted by molar-refractivity contribution is 5.70. The van der Waals surface area contributed by atoms with E-state index in [4.69, 9.17) is 4.74 Å². The summed E-state index contributed by atoms with van der Waals surface area (Å²) in [5.41, 5.74) is 2.14. The van der Waals surface area contributed by atoms with E-state index in [1.165, 1.54) is 0 Å². The number of amides is 1. The zero-order valence-corrected chi connectivity index (χ0v) is 16.0. The van der Waals surface area contributed by atoms with Crippen LogP contribution in [-0.4, -0.2) is 43.1 Å². The van der Waals surface area contributed by atoms with Crippen molar-refractivity contribution < 1.29 is 9.53 Å². The van der Waals surface area contributed by atoms with Crippen molar-refractivity contribution in [1.29, 1.82) is 0 Å². The molecule has 0 N–H and O–H groups in total. The first kappa shape index (κ1) is 20.7. The van der Waals surface area contributed by atoms with Gasteiger partial charge in [0.25, 0.3) is 0 Å². The van der Waals surface area contributed by atoms with Crippen molar-refractivity contribution in [2.75, 3.05) is 21.1 Å². The molecule has 4 heteroatoms. The van der Waals surface area contributed by atoms with Crippen LogP contribution in [0.15, 0.2) is 61.2 Å². The van der Waals surface area contributed by atoms with E-state index >= 15 is 0 Å². The van der Waals surface area contributed by atoms with E-state index < -0.39 is 0 Å². The Labute approximate surface area is 152 Å². The Kier molecular flexibility index (Phi) is 8.16. The standard InChI is InChI=1S/C21H30N2O2/c1-8-11-18(9-2)14-16(3)23(7)21(24)25-20-13-10-12-19(15-20)17(4)22(5)6/h8-13,15-17H,1-2,14H2,3-7H3/b18-11+. The van der Waals surface area contributed by atoms with Gasteiger partial charge in [-0.3, -0.25) is 0 Å². The van der Waals surface area contributed by atoms with Gasteiger partial charge in [-0.05, 0) is 57.6 Å². The minimum absolute atomic E-state index is 0.0134. The van der Waals surface area contributed by atoms with E-state index in [1.807, 2.05) is 45.3 Å². The number of benzene rings is 1. The van der Waals surface area contributed by atoms with Crippen LogP contribution in [0.3, 0.4) is 0 Å². The fourth-order valence-electron chi connectivity index (χ4n) is 2.34. The summed E-state index contributed by atoms with van der Waals surface area (Å²) in [6.07, 6.45) is 5.72. The van der Waals surface area contributed by atoms with E-state index in [-0.39, 0.29) is 18.2 Å². The number of allylic oxidation sites excluding steroid dienone is 3. The van der Waals surface area contributed by atoms with Crippen molar-refractivity contribution in [3.05, 3.63) is 66.8 Å². The van der Waals surface area contributed by atoms with Gasteiger partial charge in [-0.1, -0.05) is 43.5 Å². The van der Waals surface area contributed by atoms with Crippen molar-refractivity contribution >= 4 is 6.09 Å². The van der Waals surface area contributed by atoms with Gasteiger partial charge in [-0.2, -0.15) is 0 Å². The zero-order valence-electron chi connectivity index (χ0n) is 16.0. The number of carbonyl (C=O) groups excluding carboxylic acids is 1. The smallest absolute Gasteiger partial charge is 0.410 e. The highest BCUT2D eigenvalue weighted by Gasteiger charge is 2.19. The van der Waals surface area contributed by atoms with Crippen LogP contribution in [0, 0.1) is 0 Å². The maximum atomic E-state index is 12.4. The summed E-state index contributed by atoms with van der Waals surface area (Å²) in [4.78, 5) is 16.1. The van der Waals surface area contributed by atoms with Crippen molar-refractivity contribution in [2.24, 2.45) is 0 Å². The minimum Gasteiger partial charge on any atom is -0.410 e. The molecule has 0 saturated carbocycles. The third kappa shape index (κ3) is 6.24. The molecule has 136 valence electrons. The van der Waals surface area contributed by atoms with Crippen molar-refractivity contribution in [3.8, 4) is 5.75 Å². The van der Waals surface area contributed by atoms with Gasteiger partial charge in [0, 0.05) is 19.1 Å². The molecular formula is C21H30N2O2. The lowest BCUT2D eigenvalue weighted by atomic mass is 10.1. The number of carbonyl (C=O) groups is 1. The highest BCUT2D eigenvalue weighted by Crippen LogP contribution is 2.23. The van der Waals surface area contributed by atoms with Crippen molar-refractivity contribution in [2.45, 2.75) is 32.4 Å². The van der Waals surface area contributed by atoms with Crippen LogP contribution in [0.2, 0.25) is 0 Å². The molecule has 2 unspecified atom stereocenters. The molecule has 1 aromatic carbocycles. The Bertz CT molecular complexity index is 635. The molecule has 1 rings (SSSR count). The SMILES string of the molecule is C=C/C=C(\C=C)CC(C)N(C)C(=O)Oc1cccc(C(C)N(C)C)c1. The third-order valence-corrected chi connectivity index (χ3v) is 4.39. The second-order valence-corrected chi connectivity index (χ2v) is 6.43. The number of nitrogens with zero attached hydrogens (tertiary/aromatic N) is 2. The topological polar surface area (TPSA) is 32.8 Å². The Morgan fingerprint density at radius 1 is 1.24 bits per heavy atom. The van der Waals surface area contributed by atoms with E-state index in [2.05, 4.69) is 25.0 Å². The maximum absolute atomic E-state index is 12.4. The van der Waals surface area contributed by atoms with Crippen molar-refractivity contribution in [3.63, 3.8) is 0 Å².